The van der Waals surface area contributed by atoms with Crippen LogP contribution in [0.4, 0.5) is 19.2 Å². The van der Waals surface area contributed by atoms with Crippen molar-refractivity contribution in [3.63, 3.8) is 0 Å². The highest BCUT2D eigenvalue weighted by atomic mass is 19.1. The molecule has 11 heteroatoms. The topological polar surface area (TPSA) is 118 Å². The summed E-state index contributed by atoms with van der Waals surface area (Å²) in [7, 11) is 0. The summed E-state index contributed by atoms with van der Waals surface area (Å²) in [4.78, 5) is 14.4. The molecule has 3 aromatic rings. The summed E-state index contributed by atoms with van der Waals surface area (Å²) in [5, 5.41) is 16.2. The lowest BCUT2D eigenvalue weighted by molar-refractivity contribution is -0.139. The molecule has 0 aliphatic heterocycles. The van der Waals surface area contributed by atoms with Crippen LogP contribution < -0.4 is 10.5 Å². The highest BCUT2D eigenvalue weighted by Gasteiger charge is 2.26. The predicted octanol–water partition coefficient (Wildman–Crippen LogP) is 3.50. The maximum Gasteiger partial charge on any atom is 0.312 e. The third kappa shape index (κ3) is 5.60. The van der Waals surface area contributed by atoms with Crippen LogP contribution in [-0.4, -0.2) is 27.1 Å². The normalized spacial score (nSPS) is 11.6. The molecule has 0 aliphatic carbocycles. The number of amides is 1. The van der Waals surface area contributed by atoms with E-state index in [9.17, 15) is 18.0 Å². The van der Waals surface area contributed by atoms with Crippen molar-refractivity contribution in [3.05, 3.63) is 70.4 Å². The molecule has 3 rings (SSSR count). The smallest absolute Gasteiger partial charge is 0.312 e. The zero-order chi connectivity index (χ0) is 24.1. The van der Waals surface area contributed by atoms with Gasteiger partial charge in [-0.25, -0.2) is 13.2 Å². The van der Waals surface area contributed by atoms with Crippen LogP contribution in [0.15, 0.2) is 34.7 Å². The Morgan fingerprint density at radius 1 is 1.21 bits per heavy atom. The number of rotatable bonds is 8. The zero-order valence-electron chi connectivity index (χ0n) is 17.8. The fourth-order valence-corrected chi connectivity index (χ4v) is 3.18. The molecule has 1 atom stereocenters. The highest BCUT2D eigenvalue weighted by Crippen LogP contribution is 2.26. The van der Waals surface area contributed by atoms with Crippen LogP contribution in [-0.2, 0) is 24.3 Å². The maximum atomic E-state index is 14.5. The molecular formula is C22H20F3N5O3. The number of nitriles is 1. The van der Waals surface area contributed by atoms with Crippen molar-refractivity contribution in [2.24, 2.45) is 0 Å². The molecule has 1 heterocycles. The van der Waals surface area contributed by atoms with Crippen molar-refractivity contribution in [2.75, 3.05) is 5.73 Å². The number of nitrogens with two attached hydrogens (primary N) is 1. The van der Waals surface area contributed by atoms with Crippen LogP contribution in [0.5, 0.6) is 5.75 Å². The van der Waals surface area contributed by atoms with Crippen LogP contribution in [0.2, 0.25) is 0 Å². The van der Waals surface area contributed by atoms with Crippen LogP contribution in [0.3, 0.4) is 0 Å². The fourth-order valence-electron chi connectivity index (χ4n) is 3.18. The van der Waals surface area contributed by atoms with E-state index in [0.29, 0.717) is 0 Å². The Morgan fingerprint density at radius 2 is 1.97 bits per heavy atom. The van der Waals surface area contributed by atoms with Crippen molar-refractivity contribution in [3.8, 4) is 11.8 Å². The molecule has 2 N–H and O–H groups in total. The molecule has 8 nitrogen and oxygen atoms in total. The number of anilines is 1. The summed E-state index contributed by atoms with van der Waals surface area (Å²) in [5.41, 5.74) is 5.79. The lowest BCUT2D eigenvalue weighted by Gasteiger charge is -2.26. The van der Waals surface area contributed by atoms with Gasteiger partial charge in [0, 0.05) is 29.8 Å². The first-order chi connectivity index (χ1) is 15.7. The van der Waals surface area contributed by atoms with Crippen molar-refractivity contribution in [1.82, 2.24) is 15.1 Å². The Labute approximate surface area is 187 Å². The number of hydrogen-bond donors (Lipinski definition) is 1. The molecule has 172 valence electrons. The Morgan fingerprint density at radius 3 is 2.58 bits per heavy atom. The molecule has 33 heavy (non-hydrogen) atoms. The Balaban J connectivity index is 1.88. The number of ether oxygens (including phenoxy) is 1. The molecule has 0 spiro atoms. The molecule has 0 bridgehead atoms. The second-order valence-corrected chi connectivity index (χ2v) is 7.12. The third-order valence-corrected chi connectivity index (χ3v) is 4.79. The van der Waals surface area contributed by atoms with Crippen molar-refractivity contribution in [2.45, 2.75) is 39.5 Å². The summed E-state index contributed by atoms with van der Waals surface area (Å²) < 4.78 is 53.0. The van der Waals surface area contributed by atoms with Gasteiger partial charge in [-0.05, 0) is 25.5 Å². The van der Waals surface area contributed by atoms with Crippen molar-refractivity contribution >= 4 is 11.9 Å². The summed E-state index contributed by atoms with van der Waals surface area (Å²) in [6.45, 7) is 2.60. The van der Waals surface area contributed by atoms with E-state index in [1.54, 1.807) is 6.92 Å². The summed E-state index contributed by atoms with van der Waals surface area (Å²) in [6.07, 6.45) is -0.984. The Bertz CT molecular complexity index is 1210. The van der Waals surface area contributed by atoms with E-state index < -0.39 is 29.5 Å². The van der Waals surface area contributed by atoms with Gasteiger partial charge in [-0.1, -0.05) is 18.1 Å². The van der Waals surface area contributed by atoms with Crippen LogP contribution >= 0.6 is 0 Å². The van der Waals surface area contributed by atoms with Crippen LogP contribution in [0.25, 0.3) is 0 Å². The van der Waals surface area contributed by atoms with Gasteiger partial charge in [0.05, 0.1) is 18.2 Å². The number of aromatic nitrogens is 2. The van der Waals surface area contributed by atoms with Gasteiger partial charge < -0.3 is 19.8 Å². The van der Waals surface area contributed by atoms with Gasteiger partial charge in [-0.3, -0.25) is 4.79 Å². The molecule has 1 unspecified atom stereocenters. The summed E-state index contributed by atoms with van der Waals surface area (Å²) in [5.74, 6) is -3.08. The van der Waals surface area contributed by atoms with E-state index >= 15 is 0 Å². The maximum absolute atomic E-state index is 14.5. The molecule has 2 aromatic carbocycles. The van der Waals surface area contributed by atoms with Gasteiger partial charge in [0.15, 0.2) is 6.10 Å². The fraction of sp³-hybridized carbons (Fsp3) is 0.273. The molecule has 0 saturated heterocycles. The lowest BCUT2D eigenvalue weighted by atomic mass is 10.1. The summed E-state index contributed by atoms with van der Waals surface area (Å²) >= 11 is 0. The average molecular weight is 459 g/mol. The third-order valence-electron chi connectivity index (χ3n) is 4.79. The number of nitrogens with zero attached hydrogens (tertiary/aromatic N) is 4. The minimum atomic E-state index is -1.20. The highest BCUT2D eigenvalue weighted by molar-refractivity contribution is 5.81. The van der Waals surface area contributed by atoms with E-state index in [0.717, 1.165) is 18.2 Å². The monoisotopic (exact) mass is 459 g/mol. The van der Waals surface area contributed by atoms with E-state index in [1.165, 1.54) is 24.0 Å². The number of carbonyl (C=O) groups is 1. The van der Waals surface area contributed by atoms with Gasteiger partial charge in [0.25, 0.3) is 5.91 Å². The first-order valence-corrected chi connectivity index (χ1v) is 9.91. The van der Waals surface area contributed by atoms with E-state index in [1.807, 2.05) is 6.07 Å². The van der Waals surface area contributed by atoms with E-state index in [-0.39, 0.29) is 53.9 Å². The zero-order valence-corrected chi connectivity index (χ0v) is 17.8. The molecule has 1 amide bonds. The second-order valence-electron chi connectivity index (χ2n) is 7.12. The van der Waals surface area contributed by atoms with Gasteiger partial charge in [-0.15, -0.1) is 5.10 Å². The number of carbonyl (C=O) groups excluding carboxylic acids is 1. The molecule has 0 fully saturated rings. The second kappa shape index (κ2) is 10.0. The molecule has 1 aromatic heterocycles. The number of hydrogen-bond acceptors (Lipinski definition) is 7. The molecular weight excluding hydrogens is 439 g/mol. The standard InChI is InChI=1S/C22H20F3N5O3/c1-3-16-18(25)7-15(23)8-19(16)32-12(2)21(31)30(11-20-28-29-22(27)33-20)10-14-5-4-13(9-26)6-17(14)24/h4-8,12H,3,10-11H2,1-2H3,(H2,27,29). The average Bonchev–Trinajstić information content (AvgIpc) is 3.18. The molecule has 0 saturated carbocycles. The molecule has 0 aliphatic rings. The lowest BCUT2D eigenvalue weighted by Crippen LogP contribution is -2.40. The predicted molar refractivity (Wildman–Crippen MR) is 110 cm³/mol. The van der Waals surface area contributed by atoms with Crippen LogP contribution in [0.1, 0.15) is 36.4 Å². The van der Waals surface area contributed by atoms with Crippen molar-refractivity contribution in [1.29, 1.82) is 5.26 Å². The Hall–Kier alpha value is -4.07. The quantitative estimate of drug-likeness (QED) is 0.548. The Kier molecular flexibility index (Phi) is 7.17. The van der Waals surface area contributed by atoms with Gasteiger partial charge >= 0.3 is 6.01 Å². The number of benzene rings is 2. The first-order valence-electron chi connectivity index (χ1n) is 9.91. The number of halogens is 3. The number of nitrogen functional groups attached to an aromatic ring is 1. The largest absolute Gasteiger partial charge is 0.480 e. The van der Waals surface area contributed by atoms with Gasteiger partial charge in [0.2, 0.25) is 5.89 Å². The van der Waals surface area contributed by atoms with E-state index in [2.05, 4.69) is 10.2 Å². The van der Waals surface area contributed by atoms with Gasteiger partial charge in [0.1, 0.15) is 23.2 Å². The van der Waals surface area contributed by atoms with E-state index in [4.69, 9.17) is 20.1 Å². The van der Waals surface area contributed by atoms with Crippen molar-refractivity contribution < 1.29 is 27.1 Å². The van der Waals surface area contributed by atoms with Crippen LogP contribution in [0, 0.1) is 28.8 Å². The first kappa shape index (κ1) is 23.6. The van der Waals surface area contributed by atoms with Gasteiger partial charge in [-0.2, -0.15) is 5.26 Å². The minimum Gasteiger partial charge on any atom is -0.480 e. The summed E-state index contributed by atoms with van der Waals surface area (Å²) in [6, 6.07) is 7.18. The minimum absolute atomic E-state index is 0.00634. The SMILES string of the molecule is CCc1c(F)cc(F)cc1OC(C)C(=O)N(Cc1nnc(N)o1)Cc1ccc(C#N)cc1F. The molecule has 0 radical (unpaired) electrons.